The number of aromatic nitrogens is 2. The Morgan fingerprint density at radius 3 is 2.86 bits per heavy atom. The third-order valence-corrected chi connectivity index (χ3v) is 1.76. The Hall–Kier alpha value is -1.43. The van der Waals surface area contributed by atoms with Crippen LogP contribution in [0.1, 0.15) is 16.5 Å². The predicted octanol–water partition coefficient (Wildman–Crippen LogP) is -0.331. The van der Waals surface area contributed by atoms with E-state index < -0.39 is 0 Å². The summed E-state index contributed by atoms with van der Waals surface area (Å²) in [5.41, 5.74) is 0. The van der Waals surface area contributed by atoms with Crippen molar-refractivity contribution in [1.29, 1.82) is 0 Å². The van der Waals surface area contributed by atoms with Crippen LogP contribution in [0.25, 0.3) is 0 Å². The minimum Gasteiger partial charge on any atom is -0.339 e. The molecule has 1 amide bonds. The first kappa shape index (κ1) is 10.6. The van der Waals surface area contributed by atoms with Crippen molar-refractivity contribution < 1.29 is 9.32 Å². The monoisotopic (exact) mass is 198 g/mol. The van der Waals surface area contributed by atoms with Crippen molar-refractivity contribution in [2.24, 2.45) is 0 Å². The molecule has 6 nitrogen and oxygen atoms in total. The van der Waals surface area contributed by atoms with Gasteiger partial charge in [-0.25, -0.2) is 0 Å². The molecule has 0 saturated carbocycles. The first-order chi connectivity index (χ1) is 6.65. The van der Waals surface area contributed by atoms with E-state index in [-0.39, 0.29) is 11.7 Å². The fourth-order valence-electron chi connectivity index (χ4n) is 0.938. The molecule has 0 aliphatic rings. The maximum absolute atomic E-state index is 11.6. The van der Waals surface area contributed by atoms with Crippen LogP contribution < -0.4 is 5.32 Å². The molecule has 14 heavy (non-hydrogen) atoms. The van der Waals surface area contributed by atoms with Gasteiger partial charge in [-0.1, -0.05) is 5.16 Å². The number of hydrogen-bond donors (Lipinski definition) is 1. The molecule has 6 heteroatoms. The van der Waals surface area contributed by atoms with Crippen LogP contribution >= 0.6 is 0 Å². The maximum Gasteiger partial charge on any atom is 0.295 e. The first-order valence-electron chi connectivity index (χ1n) is 4.35. The molecule has 1 rings (SSSR count). The number of carbonyl (C=O) groups excluding carboxylic acids is 1. The molecular formula is C8H14N4O2. The maximum atomic E-state index is 11.6. The van der Waals surface area contributed by atoms with Crippen LogP contribution in [-0.4, -0.2) is 48.1 Å². The predicted molar refractivity (Wildman–Crippen MR) is 49.9 cm³/mol. The first-order valence-corrected chi connectivity index (χ1v) is 4.35. The minimum absolute atomic E-state index is 0.112. The Kier molecular flexibility index (Phi) is 3.58. The number of amides is 1. The van der Waals surface area contributed by atoms with E-state index in [1.54, 1.807) is 18.9 Å². The Labute approximate surface area is 82.3 Å². The smallest absolute Gasteiger partial charge is 0.295 e. The van der Waals surface area contributed by atoms with Crippen molar-refractivity contribution in [3.8, 4) is 0 Å². The van der Waals surface area contributed by atoms with E-state index in [1.807, 2.05) is 7.05 Å². The molecule has 1 heterocycles. The Balaban J connectivity index is 2.56. The van der Waals surface area contributed by atoms with E-state index in [0.29, 0.717) is 12.4 Å². The van der Waals surface area contributed by atoms with Gasteiger partial charge in [0.15, 0.2) is 0 Å². The molecule has 0 saturated heterocycles. The molecule has 1 aromatic rings. The number of rotatable bonds is 4. The largest absolute Gasteiger partial charge is 0.339 e. The van der Waals surface area contributed by atoms with E-state index >= 15 is 0 Å². The highest BCUT2D eigenvalue weighted by Gasteiger charge is 2.16. The summed E-state index contributed by atoms with van der Waals surface area (Å²) in [7, 11) is 3.53. The van der Waals surface area contributed by atoms with Gasteiger partial charge in [-0.2, -0.15) is 4.98 Å². The second-order valence-electron chi connectivity index (χ2n) is 2.97. The van der Waals surface area contributed by atoms with Crippen molar-refractivity contribution >= 4 is 5.91 Å². The molecule has 0 atom stereocenters. The van der Waals surface area contributed by atoms with Crippen molar-refractivity contribution in [3.63, 3.8) is 0 Å². The van der Waals surface area contributed by atoms with E-state index in [2.05, 4.69) is 15.5 Å². The van der Waals surface area contributed by atoms with Gasteiger partial charge in [0.2, 0.25) is 5.89 Å². The zero-order chi connectivity index (χ0) is 10.6. The summed E-state index contributed by atoms with van der Waals surface area (Å²) in [6.45, 7) is 3.00. The molecule has 0 aliphatic heterocycles. The van der Waals surface area contributed by atoms with Gasteiger partial charge in [0.05, 0.1) is 0 Å². The summed E-state index contributed by atoms with van der Waals surface area (Å²) in [6, 6.07) is 0. The number of hydrogen-bond acceptors (Lipinski definition) is 5. The summed E-state index contributed by atoms with van der Waals surface area (Å²) >= 11 is 0. The van der Waals surface area contributed by atoms with Gasteiger partial charge < -0.3 is 14.7 Å². The van der Waals surface area contributed by atoms with Crippen LogP contribution in [0.4, 0.5) is 0 Å². The topological polar surface area (TPSA) is 71.3 Å². The van der Waals surface area contributed by atoms with Gasteiger partial charge in [-0.05, 0) is 7.05 Å². The number of nitrogens with one attached hydrogen (secondary N) is 1. The number of carbonyl (C=O) groups is 1. The zero-order valence-electron chi connectivity index (χ0n) is 8.57. The number of aryl methyl sites for hydroxylation is 1. The van der Waals surface area contributed by atoms with Crippen LogP contribution in [0.3, 0.4) is 0 Å². The molecule has 0 spiro atoms. The SMILES string of the molecule is CNCCN(C)C(=O)c1noc(C)n1. The lowest BCUT2D eigenvalue weighted by Crippen LogP contribution is -2.33. The summed E-state index contributed by atoms with van der Waals surface area (Å²) in [6.07, 6.45) is 0. The quantitative estimate of drug-likeness (QED) is 0.717. The van der Waals surface area contributed by atoms with Crippen LogP contribution in [0, 0.1) is 6.92 Å². The summed E-state index contributed by atoms with van der Waals surface area (Å²) in [5, 5.41) is 6.50. The third-order valence-electron chi connectivity index (χ3n) is 1.76. The fourth-order valence-corrected chi connectivity index (χ4v) is 0.938. The fraction of sp³-hybridized carbons (Fsp3) is 0.625. The molecule has 0 bridgehead atoms. The zero-order valence-corrected chi connectivity index (χ0v) is 8.57. The van der Waals surface area contributed by atoms with Crippen molar-refractivity contribution in [2.75, 3.05) is 27.2 Å². The van der Waals surface area contributed by atoms with Gasteiger partial charge in [0.25, 0.3) is 11.7 Å². The highest BCUT2D eigenvalue weighted by atomic mass is 16.5. The second-order valence-corrected chi connectivity index (χ2v) is 2.97. The molecule has 0 unspecified atom stereocenters. The summed E-state index contributed by atoms with van der Waals surface area (Å²) in [4.78, 5) is 17.0. The van der Waals surface area contributed by atoms with Crippen LogP contribution in [-0.2, 0) is 0 Å². The second kappa shape index (κ2) is 4.71. The van der Waals surface area contributed by atoms with Crippen LogP contribution in [0.2, 0.25) is 0 Å². The minimum atomic E-state index is -0.225. The van der Waals surface area contributed by atoms with E-state index in [9.17, 15) is 4.79 Å². The van der Waals surface area contributed by atoms with Gasteiger partial charge in [0, 0.05) is 27.1 Å². The molecule has 78 valence electrons. The number of nitrogens with zero attached hydrogens (tertiary/aromatic N) is 3. The molecule has 0 aromatic carbocycles. The normalized spacial score (nSPS) is 10.2. The van der Waals surface area contributed by atoms with E-state index in [1.165, 1.54) is 0 Å². The molecule has 1 N–H and O–H groups in total. The summed E-state index contributed by atoms with van der Waals surface area (Å²) in [5.74, 6) is 0.286. The Morgan fingerprint density at radius 2 is 2.36 bits per heavy atom. The Bertz CT molecular complexity index is 310. The third kappa shape index (κ3) is 2.53. The van der Waals surface area contributed by atoms with Crippen LogP contribution in [0.5, 0.6) is 0 Å². The van der Waals surface area contributed by atoms with Crippen molar-refractivity contribution in [3.05, 3.63) is 11.7 Å². The highest BCUT2D eigenvalue weighted by molar-refractivity contribution is 5.90. The van der Waals surface area contributed by atoms with E-state index in [4.69, 9.17) is 4.52 Å². The van der Waals surface area contributed by atoms with Crippen molar-refractivity contribution in [2.45, 2.75) is 6.92 Å². The molecule has 0 aliphatic carbocycles. The van der Waals surface area contributed by atoms with Gasteiger partial charge >= 0.3 is 0 Å². The van der Waals surface area contributed by atoms with Gasteiger partial charge in [-0.3, -0.25) is 4.79 Å². The Morgan fingerprint density at radius 1 is 1.64 bits per heavy atom. The van der Waals surface area contributed by atoms with E-state index in [0.717, 1.165) is 6.54 Å². The number of likely N-dealkylation sites (N-methyl/N-ethyl adjacent to an activating group) is 2. The average Bonchev–Trinajstić information content (AvgIpc) is 2.60. The lowest BCUT2D eigenvalue weighted by atomic mass is 10.4. The lowest BCUT2D eigenvalue weighted by molar-refractivity contribution is 0.0781. The standard InChI is InChI=1S/C8H14N4O2/c1-6-10-7(11-14-6)8(13)12(3)5-4-9-2/h9H,4-5H2,1-3H3. The average molecular weight is 198 g/mol. The highest BCUT2D eigenvalue weighted by Crippen LogP contribution is 1.98. The molecule has 0 fully saturated rings. The summed E-state index contributed by atoms with van der Waals surface area (Å²) < 4.78 is 4.72. The molecule has 0 radical (unpaired) electrons. The molecular weight excluding hydrogens is 184 g/mol. The lowest BCUT2D eigenvalue weighted by Gasteiger charge is -2.13. The van der Waals surface area contributed by atoms with Gasteiger partial charge in [-0.15, -0.1) is 0 Å². The van der Waals surface area contributed by atoms with Gasteiger partial charge in [0.1, 0.15) is 0 Å². The van der Waals surface area contributed by atoms with Crippen molar-refractivity contribution in [1.82, 2.24) is 20.4 Å². The molecule has 1 aromatic heterocycles. The van der Waals surface area contributed by atoms with Crippen LogP contribution in [0.15, 0.2) is 4.52 Å².